The highest BCUT2D eigenvalue weighted by Gasteiger charge is 2.08. The lowest BCUT2D eigenvalue weighted by Crippen LogP contribution is -2.25. The highest BCUT2D eigenvalue weighted by Crippen LogP contribution is 2.20. The average molecular weight is 390 g/mol. The van der Waals surface area contributed by atoms with Gasteiger partial charge in [0.05, 0.1) is 6.10 Å². The van der Waals surface area contributed by atoms with Gasteiger partial charge in [-0.05, 0) is 56.5 Å². The molecule has 0 fully saturated rings. The molecule has 2 aromatic carbocycles. The van der Waals surface area contributed by atoms with Gasteiger partial charge in [0.1, 0.15) is 23.6 Å². The lowest BCUT2D eigenvalue weighted by atomic mass is 10.1. The number of aryl methyl sites for hydroxylation is 1. The van der Waals surface area contributed by atoms with E-state index in [1.54, 1.807) is 6.07 Å². The molecule has 0 saturated heterocycles. The first kappa shape index (κ1) is 20.3. The number of amides is 1. The number of rotatable bonds is 9. The molecule has 0 atom stereocenters. The van der Waals surface area contributed by atoms with Crippen LogP contribution < -0.4 is 15.4 Å². The van der Waals surface area contributed by atoms with Gasteiger partial charge in [-0.3, -0.25) is 4.79 Å². The van der Waals surface area contributed by atoms with Crippen molar-refractivity contribution in [3.63, 3.8) is 0 Å². The summed E-state index contributed by atoms with van der Waals surface area (Å²) in [4.78, 5) is 20.6. The first-order chi connectivity index (χ1) is 14.1. The Balaban J connectivity index is 1.51. The van der Waals surface area contributed by atoms with Gasteiger partial charge in [0, 0.05) is 18.3 Å². The number of anilines is 2. The quantitative estimate of drug-likeness (QED) is 0.531. The van der Waals surface area contributed by atoms with Gasteiger partial charge in [-0.2, -0.15) is 0 Å². The van der Waals surface area contributed by atoms with Crippen LogP contribution in [-0.2, 0) is 6.42 Å². The molecule has 0 aliphatic carbocycles. The van der Waals surface area contributed by atoms with Crippen molar-refractivity contribution in [1.29, 1.82) is 0 Å². The molecule has 1 heterocycles. The van der Waals surface area contributed by atoms with Crippen molar-refractivity contribution >= 4 is 17.4 Å². The Morgan fingerprint density at radius 1 is 1.03 bits per heavy atom. The fourth-order valence-electron chi connectivity index (χ4n) is 2.82. The second-order valence-electron chi connectivity index (χ2n) is 6.95. The number of carbonyl (C=O) groups excluding carboxylic acids is 1. The summed E-state index contributed by atoms with van der Waals surface area (Å²) in [7, 11) is 0. The van der Waals surface area contributed by atoms with Crippen molar-refractivity contribution in [2.45, 2.75) is 32.8 Å². The predicted molar refractivity (Wildman–Crippen MR) is 115 cm³/mol. The maximum atomic E-state index is 12.4. The predicted octanol–water partition coefficient (Wildman–Crippen LogP) is 4.37. The van der Waals surface area contributed by atoms with E-state index in [4.69, 9.17) is 4.74 Å². The van der Waals surface area contributed by atoms with Crippen molar-refractivity contribution in [3.8, 4) is 5.75 Å². The van der Waals surface area contributed by atoms with Crippen molar-refractivity contribution in [3.05, 3.63) is 78.2 Å². The minimum Gasteiger partial charge on any atom is -0.491 e. The van der Waals surface area contributed by atoms with E-state index < -0.39 is 0 Å². The van der Waals surface area contributed by atoms with Crippen LogP contribution in [0.1, 0.15) is 36.3 Å². The fourth-order valence-corrected chi connectivity index (χ4v) is 2.82. The van der Waals surface area contributed by atoms with Gasteiger partial charge in [0.2, 0.25) is 0 Å². The number of carbonyl (C=O) groups is 1. The molecule has 0 unspecified atom stereocenters. The van der Waals surface area contributed by atoms with Gasteiger partial charge in [0.25, 0.3) is 5.91 Å². The molecule has 0 radical (unpaired) electrons. The van der Waals surface area contributed by atoms with Crippen molar-refractivity contribution in [2.75, 3.05) is 11.9 Å². The minimum absolute atomic E-state index is 0.129. The number of nitrogens with zero attached hydrogens (tertiary/aromatic N) is 2. The van der Waals surface area contributed by atoms with E-state index in [-0.39, 0.29) is 12.0 Å². The van der Waals surface area contributed by atoms with Crippen LogP contribution >= 0.6 is 0 Å². The molecule has 0 spiro atoms. The summed E-state index contributed by atoms with van der Waals surface area (Å²) in [5.41, 5.74) is 2.45. The molecule has 29 heavy (non-hydrogen) atoms. The van der Waals surface area contributed by atoms with Crippen LogP contribution in [0.3, 0.4) is 0 Å². The average Bonchev–Trinajstić information content (AvgIpc) is 2.73. The van der Waals surface area contributed by atoms with Gasteiger partial charge in [-0.15, -0.1) is 0 Å². The molecular weight excluding hydrogens is 364 g/mol. The zero-order valence-corrected chi connectivity index (χ0v) is 16.8. The summed E-state index contributed by atoms with van der Waals surface area (Å²) in [5, 5.41) is 6.09. The Hall–Kier alpha value is -3.41. The molecule has 6 heteroatoms. The number of hydrogen-bond donors (Lipinski definition) is 2. The lowest BCUT2D eigenvalue weighted by molar-refractivity contribution is 0.0948. The van der Waals surface area contributed by atoms with Gasteiger partial charge in [0.15, 0.2) is 0 Å². The normalized spacial score (nSPS) is 10.6. The van der Waals surface area contributed by atoms with Crippen LogP contribution in [0.5, 0.6) is 5.75 Å². The third-order valence-electron chi connectivity index (χ3n) is 4.17. The van der Waals surface area contributed by atoms with Crippen LogP contribution in [0.15, 0.2) is 67.0 Å². The Morgan fingerprint density at radius 2 is 1.79 bits per heavy atom. The van der Waals surface area contributed by atoms with E-state index in [9.17, 15) is 4.79 Å². The molecule has 0 saturated carbocycles. The van der Waals surface area contributed by atoms with Crippen LogP contribution in [0.4, 0.5) is 11.5 Å². The first-order valence-corrected chi connectivity index (χ1v) is 9.78. The Bertz CT molecular complexity index is 912. The van der Waals surface area contributed by atoms with Crippen LogP contribution in [0.25, 0.3) is 0 Å². The van der Waals surface area contributed by atoms with Crippen LogP contribution in [0, 0.1) is 0 Å². The maximum absolute atomic E-state index is 12.4. The molecule has 1 aromatic heterocycles. The third kappa shape index (κ3) is 6.60. The largest absolute Gasteiger partial charge is 0.491 e. The Morgan fingerprint density at radius 3 is 2.52 bits per heavy atom. The number of hydrogen-bond acceptors (Lipinski definition) is 5. The van der Waals surface area contributed by atoms with E-state index in [0.29, 0.717) is 18.1 Å². The number of benzene rings is 2. The van der Waals surface area contributed by atoms with E-state index >= 15 is 0 Å². The van der Waals surface area contributed by atoms with Gasteiger partial charge < -0.3 is 15.4 Å². The molecule has 0 bridgehead atoms. The standard InChI is InChI=1S/C23H26N4O2/c1-17(2)29-20-12-10-19(11-13-20)27-22-15-21(25-16-26-22)23(28)24-14-6-9-18-7-4-3-5-8-18/h3-5,7-8,10-13,15-17H,6,9,14H2,1-2H3,(H,24,28)(H,25,26,27). The van der Waals surface area contributed by atoms with Crippen LogP contribution in [0.2, 0.25) is 0 Å². The van der Waals surface area contributed by atoms with Gasteiger partial charge >= 0.3 is 0 Å². The SMILES string of the molecule is CC(C)Oc1ccc(Nc2cc(C(=O)NCCCc3ccccc3)ncn2)cc1. The van der Waals surface area contributed by atoms with Gasteiger partial charge in [-0.25, -0.2) is 9.97 Å². The second kappa shape index (κ2) is 10.2. The van der Waals surface area contributed by atoms with E-state index in [2.05, 4.69) is 32.7 Å². The monoisotopic (exact) mass is 390 g/mol. The smallest absolute Gasteiger partial charge is 0.270 e. The lowest BCUT2D eigenvalue weighted by Gasteiger charge is -2.11. The highest BCUT2D eigenvalue weighted by atomic mass is 16.5. The summed E-state index contributed by atoms with van der Waals surface area (Å²) < 4.78 is 5.64. The zero-order valence-electron chi connectivity index (χ0n) is 16.8. The van der Waals surface area contributed by atoms with Gasteiger partial charge in [-0.1, -0.05) is 30.3 Å². The second-order valence-corrected chi connectivity index (χ2v) is 6.95. The maximum Gasteiger partial charge on any atom is 0.270 e. The molecular formula is C23H26N4O2. The van der Waals surface area contributed by atoms with E-state index in [1.165, 1.54) is 11.9 Å². The molecule has 6 nitrogen and oxygen atoms in total. The Labute approximate surface area is 171 Å². The summed E-state index contributed by atoms with van der Waals surface area (Å²) in [5.74, 6) is 1.17. The fraction of sp³-hybridized carbons (Fsp3) is 0.261. The molecule has 3 rings (SSSR count). The summed E-state index contributed by atoms with van der Waals surface area (Å²) in [6.07, 6.45) is 3.31. The molecule has 0 aliphatic heterocycles. The molecule has 3 aromatic rings. The first-order valence-electron chi connectivity index (χ1n) is 9.78. The molecule has 1 amide bonds. The minimum atomic E-state index is -0.204. The van der Waals surface area contributed by atoms with Crippen molar-refractivity contribution in [1.82, 2.24) is 15.3 Å². The molecule has 2 N–H and O–H groups in total. The zero-order chi connectivity index (χ0) is 20.5. The summed E-state index contributed by atoms with van der Waals surface area (Å²) in [6.45, 7) is 4.57. The Kier molecular flexibility index (Phi) is 7.16. The third-order valence-corrected chi connectivity index (χ3v) is 4.17. The number of aromatic nitrogens is 2. The van der Waals surface area contributed by atoms with Crippen molar-refractivity contribution in [2.24, 2.45) is 0 Å². The van der Waals surface area contributed by atoms with E-state index in [1.807, 2.05) is 56.3 Å². The molecule has 150 valence electrons. The number of nitrogens with one attached hydrogen (secondary N) is 2. The highest BCUT2D eigenvalue weighted by molar-refractivity contribution is 5.92. The summed E-state index contributed by atoms with van der Waals surface area (Å²) in [6, 6.07) is 19.5. The van der Waals surface area contributed by atoms with Crippen molar-refractivity contribution < 1.29 is 9.53 Å². The van der Waals surface area contributed by atoms with Crippen LogP contribution in [-0.4, -0.2) is 28.5 Å². The topological polar surface area (TPSA) is 76.1 Å². The van der Waals surface area contributed by atoms with E-state index in [0.717, 1.165) is 24.3 Å². The number of ether oxygens (including phenoxy) is 1. The summed E-state index contributed by atoms with van der Waals surface area (Å²) >= 11 is 0. The molecule has 0 aliphatic rings.